The Kier molecular flexibility index (Phi) is 2.64. The van der Waals surface area contributed by atoms with E-state index in [0.29, 0.717) is 24.5 Å². The Labute approximate surface area is 82.4 Å². The highest BCUT2D eigenvalue weighted by atomic mass is 16.4. The minimum absolute atomic E-state index is 0.396. The van der Waals surface area contributed by atoms with Gasteiger partial charge < -0.3 is 9.73 Å². The third kappa shape index (κ3) is 2.21. The molecule has 0 amide bonds. The fourth-order valence-corrected chi connectivity index (χ4v) is 1.31. The SMILES string of the molecule is CNNc1nnc(CN[C@H]2CC2C)o1. The minimum atomic E-state index is 0.396. The van der Waals surface area contributed by atoms with E-state index in [-0.39, 0.29) is 0 Å². The van der Waals surface area contributed by atoms with E-state index in [2.05, 4.69) is 33.3 Å². The molecule has 6 nitrogen and oxygen atoms in total. The van der Waals surface area contributed by atoms with Crippen LogP contribution < -0.4 is 16.2 Å². The molecular formula is C8H15N5O. The summed E-state index contributed by atoms with van der Waals surface area (Å²) in [6.45, 7) is 2.87. The Morgan fingerprint density at radius 3 is 2.93 bits per heavy atom. The van der Waals surface area contributed by atoms with Crippen molar-refractivity contribution in [2.75, 3.05) is 12.5 Å². The quantitative estimate of drug-likeness (QED) is 0.582. The van der Waals surface area contributed by atoms with Crippen LogP contribution in [0.2, 0.25) is 0 Å². The second-order valence-corrected chi connectivity index (χ2v) is 3.58. The summed E-state index contributed by atoms with van der Waals surface area (Å²) in [5.74, 6) is 1.40. The van der Waals surface area contributed by atoms with Crippen molar-refractivity contribution >= 4 is 6.01 Å². The lowest BCUT2D eigenvalue weighted by atomic mass is 10.5. The molecule has 0 bridgehead atoms. The number of rotatable bonds is 5. The van der Waals surface area contributed by atoms with Crippen molar-refractivity contribution < 1.29 is 4.42 Å². The fraction of sp³-hybridized carbons (Fsp3) is 0.750. The number of hydrogen-bond acceptors (Lipinski definition) is 6. The fourth-order valence-electron chi connectivity index (χ4n) is 1.31. The van der Waals surface area contributed by atoms with E-state index >= 15 is 0 Å². The van der Waals surface area contributed by atoms with Gasteiger partial charge in [0.25, 0.3) is 0 Å². The van der Waals surface area contributed by atoms with Gasteiger partial charge in [0.05, 0.1) is 6.54 Å². The molecule has 14 heavy (non-hydrogen) atoms. The zero-order chi connectivity index (χ0) is 9.97. The minimum Gasteiger partial charge on any atom is -0.406 e. The standard InChI is InChI=1S/C8H15N5O/c1-5-3-6(5)10-4-7-11-13-8(14-7)12-9-2/h5-6,9-10H,3-4H2,1-2H3,(H,12,13)/t5?,6-/m0/s1. The number of nitrogens with one attached hydrogen (secondary N) is 3. The summed E-state index contributed by atoms with van der Waals surface area (Å²) >= 11 is 0. The molecule has 2 atom stereocenters. The molecule has 1 aliphatic rings. The highest BCUT2D eigenvalue weighted by Gasteiger charge is 2.32. The molecular weight excluding hydrogens is 182 g/mol. The topological polar surface area (TPSA) is 75.0 Å². The molecule has 78 valence electrons. The largest absolute Gasteiger partial charge is 0.406 e. The molecule has 1 aromatic rings. The Morgan fingerprint density at radius 2 is 2.29 bits per heavy atom. The van der Waals surface area contributed by atoms with Crippen LogP contribution in [0.4, 0.5) is 6.01 Å². The zero-order valence-electron chi connectivity index (χ0n) is 8.37. The van der Waals surface area contributed by atoms with Crippen molar-refractivity contribution in [2.45, 2.75) is 25.9 Å². The van der Waals surface area contributed by atoms with Gasteiger partial charge in [-0.05, 0) is 12.3 Å². The summed E-state index contributed by atoms with van der Waals surface area (Å²) in [6, 6.07) is 1.02. The van der Waals surface area contributed by atoms with Crippen LogP contribution in [0.1, 0.15) is 19.2 Å². The van der Waals surface area contributed by atoms with E-state index in [1.807, 2.05) is 0 Å². The second kappa shape index (κ2) is 3.93. The second-order valence-electron chi connectivity index (χ2n) is 3.58. The molecule has 1 aliphatic carbocycles. The summed E-state index contributed by atoms with van der Waals surface area (Å²) in [5.41, 5.74) is 5.44. The van der Waals surface area contributed by atoms with E-state index in [1.54, 1.807) is 7.05 Å². The summed E-state index contributed by atoms with van der Waals surface area (Å²) < 4.78 is 5.28. The van der Waals surface area contributed by atoms with E-state index < -0.39 is 0 Å². The first kappa shape index (κ1) is 9.42. The van der Waals surface area contributed by atoms with Crippen molar-refractivity contribution in [2.24, 2.45) is 5.92 Å². The predicted octanol–water partition coefficient (Wildman–Crippen LogP) is 0.114. The van der Waals surface area contributed by atoms with Gasteiger partial charge in [0, 0.05) is 13.1 Å². The molecule has 1 aromatic heterocycles. The Balaban J connectivity index is 1.78. The van der Waals surface area contributed by atoms with E-state index in [4.69, 9.17) is 4.42 Å². The van der Waals surface area contributed by atoms with Gasteiger partial charge in [-0.3, -0.25) is 5.43 Å². The molecule has 3 N–H and O–H groups in total. The van der Waals surface area contributed by atoms with Gasteiger partial charge in [0.1, 0.15) is 0 Å². The van der Waals surface area contributed by atoms with Crippen LogP contribution in [0.25, 0.3) is 0 Å². The van der Waals surface area contributed by atoms with Crippen molar-refractivity contribution in [3.63, 3.8) is 0 Å². The number of anilines is 1. The molecule has 1 saturated carbocycles. The molecule has 1 heterocycles. The Hall–Kier alpha value is -1.14. The van der Waals surface area contributed by atoms with Gasteiger partial charge in [0.2, 0.25) is 5.89 Å². The third-order valence-electron chi connectivity index (χ3n) is 2.32. The number of aromatic nitrogens is 2. The predicted molar refractivity (Wildman–Crippen MR) is 51.4 cm³/mol. The smallest absolute Gasteiger partial charge is 0.330 e. The summed E-state index contributed by atoms with van der Waals surface area (Å²) in [7, 11) is 1.74. The van der Waals surface area contributed by atoms with Crippen molar-refractivity contribution in [1.82, 2.24) is 20.9 Å². The summed E-state index contributed by atoms with van der Waals surface area (Å²) in [6.07, 6.45) is 1.25. The molecule has 0 aromatic carbocycles. The monoisotopic (exact) mass is 197 g/mol. The molecule has 0 radical (unpaired) electrons. The Bertz CT molecular complexity index is 300. The lowest BCUT2D eigenvalue weighted by Crippen LogP contribution is -2.17. The lowest BCUT2D eigenvalue weighted by Gasteiger charge is -1.97. The van der Waals surface area contributed by atoms with Gasteiger partial charge >= 0.3 is 6.01 Å². The van der Waals surface area contributed by atoms with Crippen LogP contribution in [-0.2, 0) is 6.54 Å². The normalized spacial score (nSPS) is 25.0. The van der Waals surface area contributed by atoms with Crippen LogP contribution in [0.3, 0.4) is 0 Å². The van der Waals surface area contributed by atoms with Gasteiger partial charge in [0.15, 0.2) is 0 Å². The van der Waals surface area contributed by atoms with Crippen LogP contribution in [-0.4, -0.2) is 23.3 Å². The van der Waals surface area contributed by atoms with Crippen LogP contribution >= 0.6 is 0 Å². The van der Waals surface area contributed by atoms with Crippen molar-refractivity contribution in [3.05, 3.63) is 5.89 Å². The number of nitrogens with zero attached hydrogens (tertiary/aromatic N) is 2. The van der Waals surface area contributed by atoms with Gasteiger partial charge in [-0.25, -0.2) is 5.43 Å². The third-order valence-corrected chi connectivity index (χ3v) is 2.32. The highest BCUT2D eigenvalue weighted by Crippen LogP contribution is 2.29. The molecule has 1 unspecified atom stereocenters. The lowest BCUT2D eigenvalue weighted by molar-refractivity contribution is 0.470. The summed E-state index contributed by atoms with van der Waals surface area (Å²) in [5, 5.41) is 11.0. The van der Waals surface area contributed by atoms with Crippen LogP contribution in [0, 0.1) is 5.92 Å². The van der Waals surface area contributed by atoms with E-state index in [0.717, 1.165) is 5.92 Å². The van der Waals surface area contributed by atoms with Crippen LogP contribution in [0.5, 0.6) is 0 Å². The van der Waals surface area contributed by atoms with Gasteiger partial charge in [-0.2, -0.15) is 0 Å². The van der Waals surface area contributed by atoms with Gasteiger partial charge in [-0.15, -0.1) is 5.10 Å². The first-order valence-electron chi connectivity index (χ1n) is 4.78. The average molecular weight is 197 g/mol. The zero-order valence-corrected chi connectivity index (χ0v) is 8.37. The van der Waals surface area contributed by atoms with Crippen molar-refractivity contribution in [1.29, 1.82) is 0 Å². The highest BCUT2D eigenvalue weighted by molar-refractivity contribution is 5.13. The maximum absolute atomic E-state index is 5.28. The molecule has 0 spiro atoms. The maximum atomic E-state index is 5.28. The Morgan fingerprint density at radius 1 is 1.50 bits per heavy atom. The molecule has 1 fully saturated rings. The van der Waals surface area contributed by atoms with Gasteiger partial charge in [-0.1, -0.05) is 12.0 Å². The van der Waals surface area contributed by atoms with Crippen LogP contribution in [0.15, 0.2) is 4.42 Å². The first-order chi connectivity index (χ1) is 6.79. The van der Waals surface area contributed by atoms with Crippen molar-refractivity contribution in [3.8, 4) is 0 Å². The number of hydrazine groups is 1. The summed E-state index contributed by atoms with van der Waals surface area (Å²) in [4.78, 5) is 0. The van der Waals surface area contributed by atoms with E-state index in [1.165, 1.54) is 6.42 Å². The average Bonchev–Trinajstić information content (AvgIpc) is 2.69. The van der Waals surface area contributed by atoms with E-state index in [9.17, 15) is 0 Å². The maximum Gasteiger partial charge on any atom is 0.330 e. The first-order valence-corrected chi connectivity index (χ1v) is 4.78. The molecule has 6 heteroatoms. The number of hydrogen-bond donors (Lipinski definition) is 3. The molecule has 0 saturated heterocycles. The molecule has 2 rings (SSSR count). The molecule has 0 aliphatic heterocycles.